The molecule has 0 fully saturated rings. The van der Waals surface area contributed by atoms with Crippen LogP contribution in [0.4, 0.5) is 5.95 Å². The monoisotopic (exact) mass is 203 g/mol. The number of aromatic nitrogens is 2. The highest BCUT2D eigenvalue weighted by Crippen LogP contribution is 2.13. The Hall–Kier alpha value is -1.51. The van der Waals surface area contributed by atoms with Crippen molar-refractivity contribution in [2.45, 2.75) is 26.2 Å². The molecule has 1 aromatic heterocycles. The summed E-state index contributed by atoms with van der Waals surface area (Å²) in [5.74, 6) is 0.882. The van der Waals surface area contributed by atoms with Gasteiger partial charge in [0.2, 0.25) is 5.95 Å². The SMILES string of the molecule is CCCCCNc1nc2ccccc2[nH]1. The second kappa shape index (κ2) is 4.82. The van der Waals surface area contributed by atoms with Crippen molar-refractivity contribution < 1.29 is 0 Å². The molecule has 2 N–H and O–H groups in total. The van der Waals surface area contributed by atoms with E-state index < -0.39 is 0 Å². The van der Waals surface area contributed by atoms with Gasteiger partial charge in [-0.1, -0.05) is 31.9 Å². The minimum absolute atomic E-state index is 0.882. The van der Waals surface area contributed by atoms with Crippen molar-refractivity contribution in [3.8, 4) is 0 Å². The fourth-order valence-electron chi connectivity index (χ4n) is 1.62. The highest BCUT2D eigenvalue weighted by Gasteiger charge is 1.99. The molecule has 0 spiro atoms. The highest BCUT2D eigenvalue weighted by molar-refractivity contribution is 5.77. The predicted molar refractivity (Wildman–Crippen MR) is 64.1 cm³/mol. The first-order valence-electron chi connectivity index (χ1n) is 5.59. The molecule has 15 heavy (non-hydrogen) atoms. The Morgan fingerprint density at radius 3 is 2.93 bits per heavy atom. The summed E-state index contributed by atoms with van der Waals surface area (Å²) in [5.41, 5.74) is 2.12. The van der Waals surface area contributed by atoms with Crippen molar-refractivity contribution in [3.63, 3.8) is 0 Å². The van der Waals surface area contributed by atoms with Gasteiger partial charge in [-0.05, 0) is 18.6 Å². The van der Waals surface area contributed by atoms with Gasteiger partial charge in [-0.2, -0.15) is 0 Å². The Kier molecular flexibility index (Phi) is 3.22. The average molecular weight is 203 g/mol. The smallest absolute Gasteiger partial charge is 0.201 e. The maximum absolute atomic E-state index is 4.44. The van der Waals surface area contributed by atoms with Crippen molar-refractivity contribution in [1.29, 1.82) is 0 Å². The Labute approximate surface area is 89.9 Å². The largest absolute Gasteiger partial charge is 0.356 e. The minimum atomic E-state index is 0.882. The van der Waals surface area contributed by atoms with Gasteiger partial charge in [0.25, 0.3) is 0 Å². The van der Waals surface area contributed by atoms with Crippen molar-refractivity contribution in [2.75, 3.05) is 11.9 Å². The topological polar surface area (TPSA) is 40.7 Å². The summed E-state index contributed by atoms with van der Waals surface area (Å²) < 4.78 is 0. The molecule has 0 aliphatic carbocycles. The van der Waals surface area contributed by atoms with Gasteiger partial charge >= 0.3 is 0 Å². The van der Waals surface area contributed by atoms with Gasteiger partial charge in [0.05, 0.1) is 11.0 Å². The second-order valence-corrected chi connectivity index (χ2v) is 3.74. The standard InChI is InChI=1S/C12H17N3/c1-2-3-6-9-13-12-14-10-7-4-5-8-11(10)15-12/h4-5,7-8H,2-3,6,9H2,1H3,(H2,13,14,15). The van der Waals surface area contributed by atoms with Gasteiger partial charge in [-0.25, -0.2) is 4.98 Å². The molecule has 0 aliphatic heterocycles. The van der Waals surface area contributed by atoms with Crippen molar-refractivity contribution >= 4 is 17.0 Å². The zero-order valence-corrected chi connectivity index (χ0v) is 9.09. The van der Waals surface area contributed by atoms with Crippen LogP contribution in [0.2, 0.25) is 0 Å². The number of nitrogens with zero attached hydrogens (tertiary/aromatic N) is 1. The van der Waals surface area contributed by atoms with E-state index in [0.717, 1.165) is 23.5 Å². The summed E-state index contributed by atoms with van der Waals surface area (Å²) in [7, 11) is 0. The number of unbranched alkanes of at least 4 members (excludes halogenated alkanes) is 2. The van der Waals surface area contributed by atoms with Crippen LogP contribution in [0.5, 0.6) is 0 Å². The Morgan fingerprint density at radius 2 is 2.13 bits per heavy atom. The summed E-state index contributed by atoms with van der Waals surface area (Å²) in [6.45, 7) is 3.20. The van der Waals surface area contributed by atoms with E-state index in [0.29, 0.717) is 0 Å². The predicted octanol–water partition coefficient (Wildman–Crippen LogP) is 3.17. The van der Waals surface area contributed by atoms with E-state index in [2.05, 4.69) is 22.2 Å². The molecule has 1 heterocycles. The number of H-pyrrole nitrogens is 1. The molecule has 0 bridgehead atoms. The fourth-order valence-corrected chi connectivity index (χ4v) is 1.62. The lowest BCUT2D eigenvalue weighted by atomic mass is 10.2. The minimum Gasteiger partial charge on any atom is -0.356 e. The lowest BCUT2D eigenvalue weighted by Gasteiger charge is -2.00. The average Bonchev–Trinajstić information content (AvgIpc) is 2.67. The van der Waals surface area contributed by atoms with E-state index in [-0.39, 0.29) is 0 Å². The van der Waals surface area contributed by atoms with Crippen molar-refractivity contribution in [2.24, 2.45) is 0 Å². The number of hydrogen-bond acceptors (Lipinski definition) is 2. The Bertz CT molecular complexity index is 386. The molecular weight excluding hydrogens is 186 g/mol. The molecule has 0 saturated heterocycles. The fraction of sp³-hybridized carbons (Fsp3) is 0.417. The summed E-state index contributed by atoms with van der Waals surface area (Å²) in [6.07, 6.45) is 3.72. The van der Waals surface area contributed by atoms with Gasteiger partial charge in [-0.3, -0.25) is 0 Å². The van der Waals surface area contributed by atoms with Gasteiger partial charge in [0.15, 0.2) is 0 Å². The third-order valence-corrected chi connectivity index (χ3v) is 2.46. The first-order chi connectivity index (χ1) is 7.40. The summed E-state index contributed by atoms with van der Waals surface area (Å²) >= 11 is 0. The molecule has 2 aromatic rings. The highest BCUT2D eigenvalue weighted by atomic mass is 15.1. The molecule has 2 rings (SSSR count). The van der Waals surface area contributed by atoms with Crippen LogP contribution in [-0.2, 0) is 0 Å². The quantitative estimate of drug-likeness (QED) is 0.733. The maximum atomic E-state index is 4.44. The number of anilines is 1. The number of rotatable bonds is 5. The zero-order chi connectivity index (χ0) is 10.5. The summed E-state index contributed by atoms with van der Waals surface area (Å²) in [6, 6.07) is 8.08. The van der Waals surface area contributed by atoms with Crippen LogP contribution in [0.1, 0.15) is 26.2 Å². The molecule has 0 unspecified atom stereocenters. The molecule has 0 atom stereocenters. The molecule has 0 saturated carbocycles. The van der Waals surface area contributed by atoms with Crippen LogP contribution < -0.4 is 5.32 Å². The summed E-state index contributed by atoms with van der Waals surface area (Å²) in [4.78, 5) is 7.69. The third kappa shape index (κ3) is 2.49. The van der Waals surface area contributed by atoms with E-state index in [1.54, 1.807) is 0 Å². The Morgan fingerprint density at radius 1 is 1.27 bits per heavy atom. The van der Waals surface area contributed by atoms with E-state index in [1.807, 2.05) is 24.3 Å². The van der Waals surface area contributed by atoms with E-state index in [4.69, 9.17) is 0 Å². The lowest BCUT2D eigenvalue weighted by molar-refractivity contribution is 0.741. The lowest BCUT2D eigenvalue weighted by Crippen LogP contribution is -2.02. The second-order valence-electron chi connectivity index (χ2n) is 3.74. The van der Waals surface area contributed by atoms with E-state index in [9.17, 15) is 0 Å². The number of hydrogen-bond donors (Lipinski definition) is 2. The van der Waals surface area contributed by atoms with Gasteiger partial charge in [0.1, 0.15) is 0 Å². The normalized spacial score (nSPS) is 10.7. The van der Waals surface area contributed by atoms with E-state index >= 15 is 0 Å². The molecule has 3 heteroatoms. The molecular formula is C12H17N3. The number of benzene rings is 1. The number of aromatic amines is 1. The Balaban J connectivity index is 1.97. The van der Waals surface area contributed by atoms with Gasteiger partial charge in [0, 0.05) is 6.54 Å². The molecule has 0 amide bonds. The van der Waals surface area contributed by atoms with Gasteiger partial charge in [-0.15, -0.1) is 0 Å². The van der Waals surface area contributed by atoms with Crippen LogP contribution in [0.25, 0.3) is 11.0 Å². The zero-order valence-electron chi connectivity index (χ0n) is 9.09. The first kappa shape index (κ1) is 10.0. The van der Waals surface area contributed by atoms with Crippen LogP contribution in [0.3, 0.4) is 0 Å². The number of para-hydroxylation sites is 2. The summed E-state index contributed by atoms with van der Waals surface area (Å²) in [5, 5.41) is 3.30. The number of fused-ring (bicyclic) bond motifs is 1. The molecule has 1 aromatic carbocycles. The van der Waals surface area contributed by atoms with Crippen LogP contribution in [0.15, 0.2) is 24.3 Å². The third-order valence-electron chi connectivity index (χ3n) is 2.46. The molecule has 0 aliphatic rings. The number of imidazole rings is 1. The van der Waals surface area contributed by atoms with Crippen molar-refractivity contribution in [3.05, 3.63) is 24.3 Å². The van der Waals surface area contributed by atoms with Crippen LogP contribution in [-0.4, -0.2) is 16.5 Å². The van der Waals surface area contributed by atoms with E-state index in [1.165, 1.54) is 19.3 Å². The van der Waals surface area contributed by atoms with Crippen LogP contribution in [0, 0.1) is 0 Å². The molecule has 80 valence electrons. The first-order valence-corrected chi connectivity index (χ1v) is 5.59. The molecule has 3 nitrogen and oxygen atoms in total. The van der Waals surface area contributed by atoms with Crippen LogP contribution >= 0.6 is 0 Å². The van der Waals surface area contributed by atoms with Gasteiger partial charge < -0.3 is 10.3 Å². The maximum Gasteiger partial charge on any atom is 0.201 e. The number of nitrogens with one attached hydrogen (secondary N) is 2. The molecule has 0 radical (unpaired) electrons. The van der Waals surface area contributed by atoms with Crippen molar-refractivity contribution in [1.82, 2.24) is 9.97 Å².